The summed E-state index contributed by atoms with van der Waals surface area (Å²) in [6.07, 6.45) is 1.65. The maximum Gasteiger partial charge on any atom is 0.303 e. The van der Waals surface area contributed by atoms with Crippen LogP contribution in [0.5, 0.6) is 0 Å². The second kappa shape index (κ2) is 8.42. The van der Waals surface area contributed by atoms with Gasteiger partial charge in [-0.15, -0.1) is 0 Å². The SMILES string of the molecule is CC(C)(CCNCC(=O)Nc1ccccc1)CCC(=O)O. The van der Waals surface area contributed by atoms with Crippen LogP contribution >= 0.6 is 0 Å². The minimum atomic E-state index is -0.765. The second-order valence-electron chi connectivity index (χ2n) is 5.90. The van der Waals surface area contributed by atoms with E-state index in [1.54, 1.807) is 0 Å². The zero-order chi connectivity index (χ0) is 15.7. The van der Waals surface area contributed by atoms with E-state index in [9.17, 15) is 9.59 Å². The highest BCUT2D eigenvalue weighted by Gasteiger charge is 2.18. The number of hydrogen-bond donors (Lipinski definition) is 3. The van der Waals surface area contributed by atoms with Gasteiger partial charge in [0.05, 0.1) is 6.54 Å². The number of carbonyl (C=O) groups excluding carboxylic acids is 1. The lowest BCUT2D eigenvalue weighted by atomic mass is 9.84. The minimum absolute atomic E-state index is 0.0404. The monoisotopic (exact) mass is 292 g/mol. The van der Waals surface area contributed by atoms with E-state index in [2.05, 4.69) is 10.6 Å². The average Bonchev–Trinajstić information content (AvgIpc) is 2.43. The fourth-order valence-corrected chi connectivity index (χ4v) is 1.93. The summed E-state index contributed by atoms with van der Waals surface area (Å²) < 4.78 is 0. The molecule has 0 fully saturated rings. The van der Waals surface area contributed by atoms with Gasteiger partial charge in [-0.2, -0.15) is 0 Å². The summed E-state index contributed by atoms with van der Waals surface area (Å²) in [7, 11) is 0. The lowest BCUT2D eigenvalue weighted by Gasteiger charge is -2.23. The first-order chi connectivity index (χ1) is 9.89. The molecule has 5 nitrogen and oxygen atoms in total. The Morgan fingerprint density at radius 2 is 1.81 bits per heavy atom. The molecule has 0 aliphatic rings. The van der Waals surface area contributed by atoms with Crippen LogP contribution in [0.25, 0.3) is 0 Å². The van der Waals surface area contributed by atoms with Gasteiger partial charge in [-0.25, -0.2) is 0 Å². The van der Waals surface area contributed by atoms with Crippen molar-refractivity contribution in [2.24, 2.45) is 5.41 Å². The summed E-state index contributed by atoms with van der Waals surface area (Å²) in [5.74, 6) is -0.845. The van der Waals surface area contributed by atoms with Crippen molar-refractivity contribution in [2.45, 2.75) is 33.1 Å². The van der Waals surface area contributed by atoms with E-state index in [0.717, 1.165) is 12.1 Å². The first kappa shape index (κ1) is 17.2. The number of hydrogen-bond acceptors (Lipinski definition) is 3. The minimum Gasteiger partial charge on any atom is -0.481 e. The highest BCUT2D eigenvalue weighted by atomic mass is 16.4. The molecule has 0 heterocycles. The fourth-order valence-electron chi connectivity index (χ4n) is 1.93. The number of rotatable bonds is 9. The highest BCUT2D eigenvalue weighted by Crippen LogP contribution is 2.25. The number of carbonyl (C=O) groups is 2. The Hall–Kier alpha value is -1.88. The third-order valence-electron chi connectivity index (χ3n) is 3.34. The van der Waals surface area contributed by atoms with Crippen LogP contribution in [-0.4, -0.2) is 30.1 Å². The lowest BCUT2D eigenvalue weighted by Crippen LogP contribution is -2.31. The van der Waals surface area contributed by atoms with Gasteiger partial charge in [-0.1, -0.05) is 32.0 Å². The third kappa shape index (κ3) is 8.09. The molecule has 0 saturated heterocycles. The Labute approximate surface area is 125 Å². The van der Waals surface area contributed by atoms with E-state index in [1.807, 2.05) is 44.2 Å². The number of carboxylic acid groups (broad SMARTS) is 1. The molecule has 0 aliphatic carbocycles. The Morgan fingerprint density at radius 3 is 2.43 bits per heavy atom. The van der Waals surface area contributed by atoms with Crippen molar-refractivity contribution in [3.05, 3.63) is 30.3 Å². The molecule has 1 aromatic rings. The van der Waals surface area contributed by atoms with Crippen LogP contribution in [0, 0.1) is 5.41 Å². The summed E-state index contributed by atoms with van der Waals surface area (Å²) in [4.78, 5) is 22.3. The van der Waals surface area contributed by atoms with Gasteiger partial charge in [0, 0.05) is 12.1 Å². The first-order valence-corrected chi connectivity index (χ1v) is 7.16. The molecule has 0 spiro atoms. The van der Waals surface area contributed by atoms with Crippen molar-refractivity contribution in [3.63, 3.8) is 0 Å². The number of para-hydroxylation sites is 1. The predicted molar refractivity (Wildman–Crippen MR) is 83.2 cm³/mol. The summed E-state index contributed by atoms with van der Waals surface area (Å²) in [5.41, 5.74) is 0.743. The first-order valence-electron chi connectivity index (χ1n) is 7.16. The number of amides is 1. The van der Waals surface area contributed by atoms with Crippen LogP contribution in [0.4, 0.5) is 5.69 Å². The van der Waals surface area contributed by atoms with Crippen molar-refractivity contribution in [1.29, 1.82) is 0 Å². The van der Waals surface area contributed by atoms with E-state index < -0.39 is 5.97 Å². The Morgan fingerprint density at radius 1 is 1.14 bits per heavy atom. The van der Waals surface area contributed by atoms with E-state index in [4.69, 9.17) is 5.11 Å². The maximum absolute atomic E-state index is 11.7. The number of carboxylic acids is 1. The van der Waals surface area contributed by atoms with Crippen molar-refractivity contribution < 1.29 is 14.7 Å². The lowest BCUT2D eigenvalue weighted by molar-refractivity contribution is -0.137. The third-order valence-corrected chi connectivity index (χ3v) is 3.34. The van der Waals surface area contributed by atoms with E-state index in [1.165, 1.54) is 0 Å². The van der Waals surface area contributed by atoms with E-state index >= 15 is 0 Å². The summed E-state index contributed by atoms with van der Waals surface area (Å²) in [5, 5.41) is 14.6. The van der Waals surface area contributed by atoms with Crippen molar-refractivity contribution in [2.75, 3.05) is 18.4 Å². The molecule has 0 unspecified atom stereocenters. The van der Waals surface area contributed by atoms with Gasteiger partial charge in [-0.05, 0) is 36.9 Å². The molecule has 1 rings (SSSR count). The fraction of sp³-hybridized carbons (Fsp3) is 0.500. The summed E-state index contributed by atoms with van der Waals surface area (Å²) in [6.45, 7) is 5.03. The standard InChI is InChI=1S/C16H24N2O3/c1-16(2,9-8-15(20)21)10-11-17-12-14(19)18-13-6-4-3-5-7-13/h3-7,17H,8-12H2,1-2H3,(H,18,19)(H,20,21). The van der Waals surface area contributed by atoms with Crippen molar-refractivity contribution in [1.82, 2.24) is 5.32 Å². The van der Waals surface area contributed by atoms with Crippen LogP contribution in [-0.2, 0) is 9.59 Å². The van der Waals surface area contributed by atoms with Gasteiger partial charge >= 0.3 is 5.97 Å². The average molecular weight is 292 g/mol. The molecule has 0 radical (unpaired) electrons. The van der Waals surface area contributed by atoms with E-state index in [0.29, 0.717) is 13.0 Å². The van der Waals surface area contributed by atoms with Gasteiger partial charge in [0.25, 0.3) is 0 Å². The van der Waals surface area contributed by atoms with Gasteiger partial charge in [0.15, 0.2) is 0 Å². The largest absolute Gasteiger partial charge is 0.481 e. The van der Waals surface area contributed by atoms with Crippen LogP contribution in [0.1, 0.15) is 33.1 Å². The molecule has 3 N–H and O–H groups in total. The topological polar surface area (TPSA) is 78.4 Å². The molecule has 0 aromatic heterocycles. The molecule has 0 bridgehead atoms. The summed E-state index contributed by atoms with van der Waals surface area (Å²) in [6, 6.07) is 9.31. The molecular formula is C16H24N2O3. The molecule has 5 heteroatoms. The predicted octanol–water partition coefficient (Wildman–Crippen LogP) is 2.50. The Balaban J connectivity index is 2.18. The maximum atomic E-state index is 11.7. The Kier molecular flexibility index (Phi) is 6.88. The van der Waals surface area contributed by atoms with Crippen LogP contribution < -0.4 is 10.6 Å². The van der Waals surface area contributed by atoms with Crippen molar-refractivity contribution in [3.8, 4) is 0 Å². The molecule has 1 amide bonds. The molecule has 116 valence electrons. The van der Waals surface area contributed by atoms with Crippen LogP contribution in [0.15, 0.2) is 30.3 Å². The van der Waals surface area contributed by atoms with Gasteiger partial charge in [0.1, 0.15) is 0 Å². The van der Waals surface area contributed by atoms with E-state index in [-0.39, 0.29) is 24.3 Å². The van der Waals surface area contributed by atoms with Crippen LogP contribution in [0.3, 0.4) is 0 Å². The molecule has 1 aromatic carbocycles. The van der Waals surface area contributed by atoms with Gasteiger partial charge < -0.3 is 15.7 Å². The van der Waals surface area contributed by atoms with Gasteiger partial charge in [0.2, 0.25) is 5.91 Å². The molecule has 21 heavy (non-hydrogen) atoms. The smallest absolute Gasteiger partial charge is 0.303 e. The Bertz CT molecular complexity index is 458. The van der Waals surface area contributed by atoms with Crippen LogP contribution in [0.2, 0.25) is 0 Å². The highest BCUT2D eigenvalue weighted by molar-refractivity contribution is 5.92. The quantitative estimate of drug-likeness (QED) is 0.611. The number of anilines is 1. The zero-order valence-electron chi connectivity index (χ0n) is 12.7. The number of benzene rings is 1. The zero-order valence-corrected chi connectivity index (χ0v) is 12.7. The summed E-state index contributed by atoms with van der Waals surface area (Å²) >= 11 is 0. The van der Waals surface area contributed by atoms with Crippen molar-refractivity contribution >= 4 is 17.6 Å². The molecule has 0 atom stereocenters. The molecule has 0 aliphatic heterocycles. The second-order valence-corrected chi connectivity index (χ2v) is 5.90. The normalized spacial score (nSPS) is 11.1. The molecule has 0 saturated carbocycles. The molecular weight excluding hydrogens is 268 g/mol. The number of nitrogens with one attached hydrogen (secondary N) is 2. The number of aliphatic carboxylic acids is 1. The van der Waals surface area contributed by atoms with Gasteiger partial charge in [-0.3, -0.25) is 9.59 Å².